The molecule has 4 aromatic rings. The molecule has 5 rings (SSSR count). The molecule has 2 aromatic heterocycles. The summed E-state index contributed by atoms with van der Waals surface area (Å²) < 4.78 is 2.11. The van der Waals surface area contributed by atoms with E-state index in [2.05, 4.69) is 67.2 Å². The Labute approximate surface area is 194 Å². The molecule has 0 saturated heterocycles. The third kappa shape index (κ3) is 4.12. The van der Waals surface area contributed by atoms with Crippen LogP contribution in [0.25, 0.3) is 27.8 Å². The summed E-state index contributed by atoms with van der Waals surface area (Å²) in [5, 5.41) is 5.56. The number of hydrogen-bond acceptors (Lipinski definition) is 3. The molecule has 1 fully saturated rings. The molecule has 0 radical (unpaired) electrons. The van der Waals surface area contributed by atoms with Gasteiger partial charge in [0.05, 0.1) is 5.39 Å². The van der Waals surface area contributed by atoms with Gasteiger partial charge in [-0.2, -0.15) is 0 Å². The third-order valence-corrected chi connectivity index (χ3v) is 6.72. The van der Waals surface area contributed by atoms with Gasteiger partial charge in [0.1, 0.15) is 12.1 Å². The van der Waals surface area contributed by atoms with E-state index in [0.29, 0.717) is 22.4 Å². The predicted octanol–water partition coefficient (Wildman–Crippen LogP) is 7.37. The van der Waals surface area contributed by atoms with Crippen molar-refractivity contribution in [3.8, 4) is 16.8 Å². The molecule has 5 heteroatoms. The Morgan fingerprint density at radius 3 is 2.59 bits per heavy atom. The Morgan fingerprint density at radius 1 is 1.03 bits per heavy atom. The van der Waals surface area contributed by atoms with Crippen LogP contribution < -0.4 is 5.32 Å². The van der Waals surface area contributed by atoms with Crippen molar-refractivity contribution in [3.63, 3.8) is 0 Å². The van der Waals surface area contributed by atoms with Crippen molar-refractivity contribution in [2.45, 2.75) is 46.1 Å². The summed E-state index contributed by atoms with van der Waals surface area (Å²) in [4.78, 5) is 9.42. The minimum absolute atomic E-state index is 0.330. The van der Waals surface area contributed by atoms with Crippen LogP contribution in [0.2, 0.25) is 5.02 Å². The molecule has 0 aliphatic heterocycles. The van der Waals surface area contributed by atoms with Crippen LogP contribution in [0.5, 0.6) is 0 Å². The van der Waals surface area contributed by atoms with E-state index in [-0.39, 0.29) is 0 Å². The number of nitrogens with one attached hydrogen (secondary N) is 1. The zero-order valence-corrected chi connectivity index (χ0v) is 19.6. The van der Waals surface area contributed by atoms with Gasteiger partial charge in [-0.05, 0) is 54.4 Å². The van der Waals surface area contributed by atoms with Crippen molar-refractivity contribution in [1.82, 2.24) is 14.5 Å². The molecule has 0 spiro atoms. The maximum Gasteiger partial charge on any atom is 0.150 e. The second-order valence-corrected chi connectivity index (χ2v) is 10.4. The van der Waals surface area contributed by atoms with E-state index in [0.717, 1.165) is 46.5 Å². The lowest BCUT2D eigenvalue weighted by Gasteiger charge is -2.39. The summed E-state index contributed by atoms with van der Waals surface area (Å²) in [5.41, 5.74) is 4.46. The molecule has 0 amide bonds. The molecule has 4 nitrogen and oxygen atoms in total. The van der Waals surface area contributed by atoms with Crippen LogP contribution in [0.15, 0.2) is 67.1 Å². The fourth-order valence-corrected chi connectivity index (χ4v) is 5.66. The van der Waals surface area contributed by atoms with E-state index in [1.54, 1.807) is 6.33 Å². The van der Waals surface area contributed by atoms with Gasteiger partial charge in [-0.25, -0.2) is 9.97 Å². The van der Waals surface area contributed by atoms with E-state index in [4.69, 9.17) is 21.6 Å². The number of benzene rings is 2. The molecule has 2 aromatic carbocycles. The van der Waals surface area contributed by atoms with E-state index < -0.39 is 0 Å². The summed E-state index contributed by atoms with van der Waals surface area (Å²) in [7, 11) is 0. The molecule has 1 aliphatic rings. The van der Waals surface area contributed by atoms with Crippen molar-refractivity contribution in [3.05, 3.63) is 72.1 Å². The topological polar surface area (TPSA) is 42.7 Å². The molecule has 2 heterocycles. The largest absolute Gasteiger partial charge is 0.367 e. The molecule has 32 heavy (non-hydrogen) atoms. The summed E-state index contributed by atoms with van der Waals surface area (Å²) in [6.45, 7) is 7.10. The molecular weight excluding hydrogens is 416 g/mol. The molecule has 2 unspecified atom stereocenters. The number of fused-ring (bicyclic) bond motifs is 1. The standard InChI is InChI=1S/C27H29ClN4/c1-18-12-21(15-27(2,3)14-18)31-25-24-23(19-8-5-4-6-9-19)16-32(26(24)30-17-29-25)22-11-7-10-20(28)13-22/h4-11,13,16-18,21H,12,14-15H2,1-3H3,(H,29,30,31). The average Bonchev–Trinajstić information content (AvgIpc) is 3.14. The van der Waals surface area contributed by atoms with Gasteiger partial charge in [0.15, 0.2) is 5.65 Å². The lowest BCUT2D eigenvalue weighted by atomic mass is 9.70. The zero-order valence-electron chi connectivity index (χ0n) is 18.8. The minimum atomic E-state index is 0.330. The van der Waals surface area contributed by atoms with E-state index in [1.807, 2.05) is 24.3 Å². The van der Waals surface area contributed by atoms with Crippen LogP contribution >= 0.6 is 11.6 Å². The summed E-state index contributed by atoms with van der Waals surface area (Å²) in [6, 6.07) is 18.7. The zero-order chi connectivity index (χ0) is 22.3. The van der Waals surface area contributed by atoms with Crippen LogP contribution in [-0.4, -0.2) is 20.6 Å². The van der Waals surface area contributed by atoms with Gasteiger partial charge in [0.25, 0.3) is 0 Å². The van der Waals surface area contributed by atoms with Crippen LogP contribution in [-0.2, 0) is 0 Å². The number of aromatic nitrogens is 3. The highest BCUT2D eigenvalue weighted by Gasteiger charge is 2.32. The number of nitrogens with zero attached hydrogens (tertiary/aromatic N) is 3. The van der Waals surface area contributed by atoms with Crippen molar-refractivity contribution >= 4 is 28.5 Å². The maximum absolute atomic E-state index is 6.31. The molecule has 164 valence electrons. The Hall–Kier alpha value is -2.85. The number of rotatable bonds is 4. The molecule has 2 atom stereocenters. The molecular formula is C27H29ClN4. The van der Waals surface area contributed by atoms with Gasteiger partial charge in [-0.15, -0.1) is 0 Å². The number of halogens is 1. The van der Waals surface area contributed by atoms with Crippen molar-refractivity contribution in [1.29, 1.82) is 0 Å². The van der Waals surface area contributed by atoms with E-state index >= 15 is 0 Å². The monoisotopic (exact) mass is 444 g/mol. The molecule has 1 N–H and O–H groups in total. The minimum Gasteiger partial charge on any atom is -0.367 e. The number of anilines is 1. The third-order valence-electron chi connectivity index (χ3n) is 6.48. The van der Waals surface area contributed by atoms with E-state index in [9.17, 15) is 0 Å². The summed E-state index contributed by atoms with van der Waals surface area (Å²) in [6.07, 6.45) is 7.38. The highest BCUT2D eigenvalue weighted by atomic mass is 35.5. The molecule has 1 aliphatic carbocycles. The quantitative estimate of drug-likeness (QED) is 0.357. The van der Waals surface area contributed by atoms with E-state index in [1.165, 1.54) is 6.42 Å². The Morgan fingerprint density at radius 2 is 1.84 bits per heavy atom. The lowest BCUT2D eigenvalue weighted by molar-refractivity contribution is 0.178. The SMILES string of the molecule is CC1CC(Nc2ncnc3c2c(-c2ccccc2)cn3-c2cccc(Cl)c2)CC(C)(C)C1. The van der Waals surface area contributed by atoms with Crippen LogP contribution in [0, 0.1) is 11.3 Å². The van der Waals surface area contributed by atoms with Crippen molar-refractivity contribution < 1.29 is 0 Å². The first kappa shape index (κ1) is 21.0. The Bertz CT molecular complexity index is 1250. The fraction of sp³-hybridized carbons (Fsp3) is 0.333. The first-order valence-corrected chi connectivity index (χ1v) is 11.7. The summed E-state index contributed by atoms with van der Waals surface area (Å²) in [5.74, 6) is 1.60. The van der Waals surface area contributed by atoms with Crippen LogP contribution in [0.4, 0.5) is 5.82 Å². The van der Waals surface area contributed by atoms with Gasteiger partial charge in [-0.3, -0.25) is 0 Å². The smallest absolute Gasteiger partial charge is 0.150 e. The van der Waals surface area contributed by atoms with Gasteiger partial charge >= 0.3 is 0 Å². The lowest BCUT2D eigenvalue weighted by Crippen LogP contribution is -2.35. The number of hydrogen-bond donors (Lipinski definition) is 1. The van der Waals surface area contributed by atoms with Crippen LogP contribution in [0.3, 0.4) is 0 Å². The highest BCUT2D eigenvalue weighted by Crippen LogP contribution is 2.41. The van der Waals surface area contributed by atoms with Gasteiger partial charge in [-0.1, -0.05) is 68.8 Å². The highest BCUT2D eigenvalue weighted by molar-refractivity contribution is 6.30. The second-order valence-electron chi connectivity index (χ2n) is 9.93. The molecule has 0 bridgehead atoms. The van der Waals surface area contributed by atoms with Crippen molar-refractivity contribution in [2.24, 2.45) is 11.3 Å². The molecule has 1 saturated carbocycles. The van der Waals surface area contributed by atoms with Crippen molar-refractivity contribution in [2.75, 3.05) is 5.32 Å². The Balaban J connectivity index is 1.66. The fourth-order valence-electron chi connectivity index (χ4n) is 5.48. The normalized spacial score (nSPS) is 20.4. The van der Waals surface area contributed by atoms with Gasteiger partial charge in [0.2, 0.25) is 0 Å². The van der Waals surface area contributed by atoms with Gasteiger partial charge < -0.3 is 9.88 Å². The average molecular weight is 445 g/mol. The van der Waals surface area contributed by atoms with Crippen LogP contribution in [0.1, 0.15) is 40.0 Å². The second kappa shape index (κ2) is 8.25. The van der Waals surface area contributed by atoms with Gasteiger partial charge in [0, 0.05) is 28.5 Å². The maximum atomic E-state index is 6.31. The first-order valence-electron chi connectivity index (χ1n) is 11.3. The first-order chi connectivity index (χ1) is 15.4. The summed E-state index contributed by atoms with van der Waals surface area (Å²) >= 11 is 6.31. The predicted molar refractivity (Wildman–Crippen MR) is 134 cm³/mol. The Kier molecular flexibility index (Phi) is 5.42.